The normalized spacial score (nSPS) is 23.7. The highest BCUT2D eigenvalue weighted by molar-refractivity contribution is 5.21. The molecule has 0 aromatic carbocycles. The monoisotopic (exact) mass is 192 g/mol. The largest absolute Gasteiger partial charge is 0.376 e. The Bertz CT molecular complexity index is 308. The zero-order valence-electron chi connectivity index (χ0n) is 8.44. The molecule has 14 heavy (non-hydrogen) atoms. The van der Waals surface area contributed by atoms with Crippen molar-refractivity contribution in [3.05, 3.63) is 29.6 Å². The summed E-state index contributed by atoms with van der Waals surface area (Å²) < 4.78 is 5.56. The first-order chi connectivity index (χ1) is 6.77. The van der Waals surface area contributed by atoms with Gasteiger partial charge in [-0.1, -0.05) is 6.07 Å². The van der Waals surface area contributed by atoms with Crippen molar-refractivity contribution in [1.29, 1.82) is 0 Å². The minimum Gasteiger partial charge on any atom is -0.376 e. The molecule has 0 spiro atoms. The quantitative estimate of drug-likeness (QED) is 0.773. The van der Waals surface area contributed by atoms with Crippen molar-refractivity contribution >= 4 is 0 Å². The Hall–Kier alpha value is -0.930. The first-order valence-electron chi connectivity index (χ1n) is 5.06. The van der Waals surface area contributed by atoms with Crippen molar-refractivity contribution < 1.29 is 4.74 Å². The molecular weight excluding hydrogens is 176 g/mol. The van der Waals surface area contributed by atoms with Crippen LogP contribution in [0, 0.1) is 6.92 Å². The van der Waals surface area contributed by atoms with Crippen molar-refractivity contribution in [3.8, 4) is 0 Å². The maximum absolute atomic E-state index is 6.10. The molecule has 2 heterocycles. The maximum atomic E-state index is 6.10. The minimum atomic E-state index is -0.0232. The van der Waals surface area contributed by atoms with Gasteiger partial charge >= 0.3 is 0 Å². The second-order valence-electron chi connectivity index (χ2n) is 3.87. The molecule has 0 aliphatic carbocycles. The molecule has 1 aliphatic heterocycles. The van der Waals surface area contributed by atoms with E-state index in [2.05, 4.69) is 11.1 Å². The zero-order chi connectivity index (χ0) is 9.97. The highest BCUT2D eigenvalue weighted by Gasteiger charge is 2.24. The fraction of sp³-hybridized carbons (Fsp3) is 0.545. The first kappa shape index (κ1) is 9.62. The van der Waals surface area contributed by atoms with Gasteiger partial charge in [0, 0.05) is 19.0 Å². The van der Waals surface area contributed by atoms with Crippen molar-refractivity contribution in [1.82, 2.24) is 4.98 Å². The third-order valence-corrected chi connectivity index (χ3v) is 2.65. The molecule has 1 saturated heterocycles. The fourth-order valence-corrected chi connectivity index (χ4v) is 1.86. The fourth-order valence-electron chi connectivity index (χ4n) is 1.86. The van der Waals surface area contributed by atoms with Crippen molar-refractivity contribution in [3.63, 3.8) is 0 Å². The number of ether oxygens (including phenoxy) is 1. The number of aromatic nitrogens is 1. The van der Waals surface area contributed by atoms with Gasteiger partial charge in [0.15, 0.2) is 0 Å². The van der Waals surface area contributed by atoms with Crippen LogP contribution in [0.5, 0.6) is 0 Å². The van der Waals surface area contributed by atoms with Gasteiger partial charge in [0.2, 0.25) is 0 Å². The number of rotatable bonds is 2. The summed E-state index contributed by atoms with van der Waals surface area (Å²) in [6, 6.07) is 2.06. The van der Waals surface area contributed by atoms with E-state index in [-0.39, 0.29) is 12.1 Å². The summed E-state index contributed by atoms with van der Waals surface area (Å²) in [6.07, 6.45) is 6.04. The first-order valence-corrected chi connectivity index (χ1v) is 5.06. The molecule has 2 rings (SSSR count). The number of nitrogens with zero attached hydrogens (tertiary/aromatic N) is 1. The van der Waals surface area contributed by atoms with Crippen molar-refractivity contribution in [2.45, 2.75) is 31.9 Å². The van der Waals surface area contributed by atoms with E-state index in [0.717, 1.165) is 30.6 Å². The van der Waals surface area contributed by atoms with Gasteiger partial charge in [0.1, 0.15) is 0 Å². The van der Waals surface area contributed by atoms with Crippen LogP contribution >= 0.6 is 0 Å². The number of hydrogen-bond acceptors (Lipinski definition) is 3. The van der Waals surface area contributed by atoms with Crippen LogP contribution in [0.1, 0.15) is 30.0 Å². The van der Waals surface area contributed by atoms with Crippen molar-refractivity contribution in [2.75, 3.05) is 6.61 Å². The molecule has 1 fully saturated rings. The molecule has 1 aliphatic rings. The topological polar surface area (TPSA) is 48.1 Å². The minimum absolute atomic E-state index is 0.0232. The van der Waals surface area contributed by atoms with Gasteiger partial charge in [-0.25, -0.2) is 0 Å². The molecule has 76 valence electrons. The van der Waals surface area contributed by atoms with E-state index in [1.165, 1.54) is 0 Å². The van der Waals surface area contributed by atoms with Crippen LogP contribution in [0.25, 0.3) is 0 Å². The van der Waals surface area contributed by atoms with E-state index in [1.54, 1.807) is 0 Å². The van der Waals surface area contributed by atoms with Gasteiger partial charge in [0.05, 0.1) is 12.1 Å². The van der Waals surface area contributed by atoms with E-state index in [4.69, 9.17) is 10.5 Å². The molecule has 3 nitrogen and oxygen atoms in total. The van der Waals surface area contributed by atoms with Gasteiger partial charge in [-0.15, -0.1) is 0 Å². The molecule has 2 N–H and O–H groups in total. The smallest absolute Gasteiger partial charge is 0.0769 e. The summed E-state index contributed by atoms with van der Waals surface area (Å²) in [6.45, 7) is 2.87. The SMILES string of the molecule is Cc1cncc(C(N)C2CCCO2)c1. The van der Waals surface area contributed by atoms with E-state index in [1.807, 2.05) is 19.3 Å². The summed E-state index contributed by atoms with van der Waals surface area (Å²) >= 11 is 0. The Balaban J connectivity index is 2.13. The van der Waals surface area contributed by atoms with Gasteiger partial charge in [0.25, 0.3) is 0 Å². The molecular formula is C11H16N2O. The molecule has 0 bridgehead atoms. The molecule has 2 unspecified atom stereocenters. The van der Waals surface area contributed by atoms with Crippen LogP contribution in [-0.4, -0.2) is 17.7 Å². The summed E-state index contributed by atoms with van der Waals surface area (Å²) in [5.41, 5.74) is 8.33. The Labute approximate surface area is 84.3 Å². The lowest BCUT2D eigenvalue weighted by Gasteiger charge is -2.18. The Morgan fingerprint density at radius 2 is 2.43 bits per heavy atom. The van der Waals surface area contributed by atoms with Gasteiger partial charge in [-0.05, 0) is 30.9 Å². The lowest BCUT2D eigenvalue weighted by atomic mass is 10.0. The van der Waals surface area contributed by atoms with E-state index < -0.39 is 0 Å². The van der Waals surface area contributed by atoms with E-state index in [9.17, 15) is 0 Å². The number of hydrogen-bond donors (Lipinski definition) is 1. The Morgan fingerprint density at radius 1 is 1.57 bits per heavy atom. The van der Waals surface area contributed by atoms with Crippen molar-refractivity contribution in [2.24, 2.45) is 5.73 Å². The third-order valence-electron chi connectivity index (χ3n) is 2.65. The number of pyridine rings is 1. The Kier molecular flexibility index (Phi) is 2.79. The third kappa shape index (κ3) is 1.94. The van der Waals surface area contributed by atoms with Crippen LogP contribution in [-0.2, 0) is 4.74 Å². The molecule has 3 heteroatoms. The highest BCUT2D eigenvalue weighted by Crippen LogP contribution is 2.24. The van der Waals surface area contributed by atoms with Gasteiger partial charge < -0.3 is 10.5 Å². The van der Waals surface area contributed by atoms with Crippen LogP contribution in [0.15, 0.2) is 18.5 Å². The molecule has 1 aromatic heterocycles. The number of aryl methyl sites for hydroxylation is 1. The second kappa shape index (κ2) is 4.07. The van der Waals surface area contributed by atoms with E-state index in [0.29, 0.717) is 0 Å². The summed E-state index contributed by atoms with van der Waals surface area (Å²) in [5.74, 6) is 0. The molecule has 1 aromatic rings. The highest BCUT2D eigenvalue weighted by atomic mass is 16.5. The molecule has 0 radical (unpaired) electrons. The second-order valence-corrected chi connectivity index (χ2v) is 3.87. The average molecular weight is 192 g/mol. The lowest BCUT2D eigenvalue weighted by molar-refractivity contribution is 0.0899. The number of nitrogens with two attached hydrogens (primary N) is 1. The maximum Gasteiger partial charge on any atom is 0.0769 e. The summed E-state index contributed by atoms with van der Waals surface area (Å²) in [4.78, 5) is 4.14. The summed E-state index contributed by atoms with van der Waals surface area (Å²) in [7, 11) is 0. The van der Waals surface area contributed by atoms with Crippen LogP contribution in [0.3, 0.4) is 0 Å². The van der Waals surface area contributed by atoms with Crippen LogP contribution < -0.4 is 5.73 Å². The predicted octanol–water partition coefficient (Wildman–Crippen LogP) is 1.57. The van der Waals surface area contributed by atoms with Crippen LogP contribution in [0.4, 0.5) is 0 Å². The average Bonchev–Trinajstić information content (AvgIpc) is 2.69. The van der Waals surface area contributed by atoms with Gasteiger partial charge in [-0.3, -0.25) is 4.98 Å². The zero-order valence-corrected chi connectivity index (χ0v) is 8.44. The predicted molar refractivity (Wildman–Crippen MR) is 54.9 cm³/mol. The molecule has 0 saturated carbocycles. The van der Waals surface area contributed by atoms with Gasteiger partial charge in [-0.2, -0.15) is 0 Å². The standard InChI is InChI=1S/C11H16N2O/c1-8-5-9(7-13-6-8)11(12)10-3-2-4-14-10/h5-7,10-11H,2-4,12H2,1H3. The van der Waals surface area contributed by atoms with E-state index >= 15 is 0 Å². The van der Waals surface area contributed by atoms with Crippen LogP contribution in [0.2, 0.25) is 0 Å². The Morgan fingerprint density at radius 3 is 3.07 bits per heavy atom. The molecule has 0 amide bonds. The lowest BCUT2D eigenvalue weighted by Crippen LogP contribution is -2.25. The molecule has 2 atom stereocenters. The summed E-state index contributed by atoms with van der Waals surface area (Å²) in [5, 5.41) is 0.